The molecule has 1 amide bonds. The van der Waals surface area contributed by atoms with E-state index in [4.69, 9.17) is 9.47 Å². The Morgan fingerprint density at radius 2 is 1.68 bits per heavy atom. The predicted octanol–water partition coefficient (Wildman–Crippen LogP) is 3.78. The third-order valence-electron chi connectivity index (χ3n) is 4.21. The van der Waals surface area contributed by atoms with Gasteiger partial charge in [0.15, 0.2) is 13.2 Å². The fraction of sp³-hybridized carbons (Fsp3) is 0.182. The first kappa shape index (κ1) is 19.4. The largest absolute Gasteiger partial charge is 0.481 e. The molecule has 1 unspecified atom stereocenters. The number of rotatable bonds is 7. The molecule has 1 N–H and O–H groups in total. The van der Waals surface area contributed by atoms with Gasteiger partial charge in [-0.1, -0.05) is 48.5 Å². The van der Waals surface area contributed by atoms with Gasteiger partial charge in [0.1, 0.15) is 11.6 Å². The lowest BCUT2D eigenvalue weighted by atomic mass is 10.1. The Morgan fingerprint density at radius 3 is 2.46 bits per heavy atom. The quantitative estimate of drug-likeness (QED) is 0.633. The van der Waals surface area contributed by atoms with Crippen molar-refractivity contribution in [2.24, 2.45) is 0 Å². The topological polar surface area (TPSA) is 64.6 Å². The van der Waals surface area contributed by atoms with Gasteiger partial charge in [-0.15, -0.1) is 0 Å². The highest BCUT2D eigenvalue weighted by atomic mass is 19.1. The normalized spacial score (nSPS) is 11.6. The number of ether oxygens (including phenoxy) is 2. The van der Waals surface area contributed by atoms with Crippen LogP contribution in [0.5, 0.6) is 5.75 Å². The van der Waals surface area contributed by atoms with Crippen molar-refractivity contribution in [2.45, 2.75) is 13.0 Å². The SMILES string of the molecule is CC(NC(=O)COC(=O)COc1cccc2ccccc12)c1ccc(F)cc1. The van der Waals surface area contributed by atoms with Crippen LogP contribution in [0.25, 0.3) is 10.8 Å². The van der Waals surface area contributed by atoms with E-state index >= 15 is 0 Å². The van der Waals surface area contributed by atoms with E-state index in [1.807, 2.05) is 36.4 Å². The van der Waals surface area contributed by atoms with Crippen LogP contribution in [0.1, 0.15) is 18.5 Å². The first-order valence-electron chi connectivity index (χ1n) is 8.84. The lowest BCUT2D eigenvalue weighted by Crippen LogP contribution is -2.31. The molecule has 3 rings (SSSR count). The fourth-order valence-electron chi connectivity index (χ4n) is 2.76. The van der Waals surface area contributed by atoms with Crippen molar-refractivity contribution in [3.05, 3.63) is 78.1 Å². The zero-order valence-corrected chi connectivity index (χ0v) is 15.4. The average molecular weight is 381 g/mol. The van der Waals surface area contributed by atoms with Crippen molar-refractivity contribution in [1.29, 1.82) is 0 Å². The molecule has 0 saturated heterocycles. The van der Waals surface area contributed by atoms with Gasteiger partial charge in [0, 0.05) is 5.39 Å². The molecule has 144 valence electrons. The summed E-state index contributed by atoms with van der Waals surface area (Å²) in [6.45, 7) is 1.05. The maximum Gasteiger partial charge on any atom is 0.344 e. The molecule has 0 radical (unpaired) electrons. The van der Waals surface area contributed by atoms with Crippen molar-refractivity contribution in [2.75, 3.05) is 13.2 Å². The van der Waals surface area contributed by atoms with Crippen molar-refractivity contribution in [3.63, 3.8) is 0 Å². The summed E-state index contributed by atoms with van der Waals surface area (Å²) in [6, 6.07) is 18.7. The van der Waals surface area contributed by atoms with E-state index in [9.17, 15) is 14.0 Å². The minimum Gasteiger partial charge on any atom is -0.481 e. The molecule has 3 aromatic rings. The highest BCUT2D eigenvalue weighted by Crippen LogP contribution is 2.25. The molecule has 0 aliphatic heterocycles. The predicted molar refractivity (Wildman–Crippen MR) is 103 cm³/mol. The number of carbonyl (C=O) groups excluding carboxylic acids is 2. The molecule has 0 saturated carbocycles. The Hall–Kier alpha value is -3.41. The van der Waals surface area contributed by atoms with Crippen LogP contribution in [0.2, 0.25) is 0 Å². The molecule has 0 aromatic heterocycles. The van der Waals surface area contributed by atoms with E-state index in [1.165, 1.54) is 12.1 Å². The molecule has 0 spiro atoms. The second-order valence-electron chi connectivity index (χ2n) is 6.27. The van der Waals surface area contributed by atoms with Gasteiger partial charge in [-0.3, -0.25) is 4.79 Å². The molecule has 3 aromatic carbocycles. The van der Waals surface area contributed by atoms with E-state index in [-0.39, 0.29) is 18.5 Å². The van der Waals surface area contributed by atoms with Crippen LogP contribution < -0.4 is 10.1 Å². The van der Waals surface area contributed by atoms with Gasteiger partial charge >= 0.3 is 5.97 Å². The number of hydrogen-bond donors (Lipinski definition) is 1. The summed E-state index contributed by atoms with van der Waals surface area (Å²) in [5.41, 5.74) is 0.750. The number of nitrogens with one attached hydrogen (secondary N) is 1. The van der Waals surface area contributed by atoms with Crippen LogP contribution in [0.15, 0.2) is 66.7 Å². The molecule has 0 bridgehead atoms. The monoisotopic (exact) mass is 381 g/mol. The Morgan fingerprint density at radius 1 is 0.964 bits per heavy atom. The Bertz CT molecular complexity index is 966. The molecular weight excluding hydrogens is 361 g/mol. The second-order valence-corrected chi connectivity index (χ2v) is 6.27. The fourth-order valence-corrected chi connectivity index (χ4v) is 2.76. The van der Waals surface area contributed by atoms with Gasteiger partial charge in [0.25, 0.3) is 5.91 Å². The van der Waals surface area contributed by atoms with Gasteiger partial charge < -0.3 is 14.8 Å². The van der Waals surface area contributed by atoms with Gasteiger partial charge in [-0.25, -0.2) is 9.18 Å². The van der Waals surface area contributed by atoms with Crippen LogP contribution in [-0.2, 0) is 14.3 Å². The van der Waals surface area contributed by atoms with Gasteiger partial charge in [0.2, 0.25) is 0 Å². The number of hydrogen-bond acceptors (Lipinski definition) is 4. The zero-order chi connectivity index (χ0) is 19.9. The van der Waals surface area contributed by atoms with Crippen LogP contribution in [0.4, 0.5) is 4.39 Å². The first-order chi connectivity index (χ1) is 13.5. The van der Waals surface area contributed by atoms with E-state index in [0.29, 0.717) is 5.75 Å². The Kier molecular flexibility index (Phi) is 6.22. The van der Waals surface area contributed by atoms with Crippen LogP contribution in [0, 0.1) is 5.82 Å². The smallest absolute Gasteiger partial charge is 0.344 e. The maximum absolute atomic E-state index is 12.9. The average Bonchev–Trinajstić information content (AvgIpc) is 2.71. The van der Waals surface area contributed by atoms with Crippen LogP contribution in [0.3, 0.4) is 0 Å². The summed E-state index contributed by atoms with van der Waals surface area (Å²) in [6.07, 6.45) is 0. The van der Waals surface area contributed by atoms with Crippen molar-refractivity contribution in [1.82, 2.24) is 5.32 Å². The molecule has 0 aliphatic rings. The molecule has 0 fully saturated rings. The summed E-state index contributed by atoms with van der Waals surface area (Å²) < 4.78 is 23.4. The van der Waals surface area contributed by atoms with Crippen molar-refractivity contribution in [3.8, 4) is 5.75 Å². The van der Waals surface area contributed by atoms with Gasteiger partial charge in [-0.05, 0) is 36.1 Å². The lowest BCUT2D eigenvalue weighted by molar-refractivity contribution is -0.150. The zero-order valence-electron chi connectivity index (χ0n) is 15.4. The summed E-state index contributed by atoms with van der Waals surface area (Å²) in [4.78, 5) is 23.8. The van der Waals surface area contributed by atoms with Gasteiger partial charge in [0.05, 0.1) is 6.04 Å². The third kappa shape index (κ3) is 5.07. The minimum atomic E-state index is -0.641. The van der Waals surface area contributed by atoms with E-state index in [0.717, 1.165) is 16.3 Å². The van der Waals surface area contributed by atoms with E-state index in [2.05, 4.69) is 5.32 Å². The molecule has 1 atom stereocenters. The van der Waals surface area contributed by atoms with E-state index in [1.54, 1.807) is 25.1 Å². The first-order valence-corrected chi connectivity index (χ1v) is 8.84. The van der Waals surface area contributed by atoms with Crippen molar-refractivity contribution >= 4 is 22.6 Å². The number of fused-ring (bicyclic) bond motifs is 1. The molecule has 6 heteroatoms. The summed E-state index contributed by atoms with van der Waals surface area (Å²) in [5, 5.41) is 4.58. The van der Waals surface area contributed by atoms with Crippen LogP contribution >= 0.6 is 0 Å². The Balaban J connectivity index is 1.46. The number of amides is 1. The second kappa shape index (κ2) is 8.99. The maximum atomic E-state index is 12.9. The molecule has 0 heterocycles. The number of esters is 1. The minimum absolute atomic E-state index is 0.297. The number of carbonyl (C=O) groups is 2. The summed E-state index contributed by atoms with van der Waals surface area (Å²) >= 11 is 0. The third-order valence-corrected chi connectivity index (χ3v) is 4.21. The molecular formula is C22H20FNO4. The summed E-state index contributed by atoms with van der Waals surface area (Å²) in [7, 11) is 0. The van der Waals surface area contributed by atoms with E-state index < -0.39 is 18.5 Å². The standard InChI is InChI=1S/C22H20FNO4/c1-15(16-9-11-18(23)12-10-16)24-21(25)13-28-22(26)14-27-20-8-4-6-17-5-2-3-7-19(17)20/h2-12,15H,13-14H2,1H3,(H,24,25). The highest BCUT2D eigenvalue weighted by Gasteiger charge is 2.13. The molecule has 5 nitrogen and oxygen atoms in total. The highest BCUT2D eigenvalue weighted by molar-refractivity contribution is 5.88. The number of benzene rings is 3. The molecule has 0 aliphatic carbocycles. The Labute approximate surface area is 162 Å². The lowest BCUT2D eigenvalue weighted by Gasteiger charge is -2.14. The summed E-state index contributed by atoms with van der Waals surface area (Å²) in [5.74, 6) is -0.861. The number of halogens is 1. The van der Waals surface area contributed by atoms with Crippen molar-refractivity contribution < 1.29 is 23.5 Å². The van der Waals surface area contributed by atoms with Gasteiger partial charge in [-0.2, -0.15) is 0 Å². The molecule has 28 heavy (non-hydrogen) atoms. The van der Waals surface area contributed by atoms with Crippen LogP contribution in [-0.4, -0.2) is 25.1 Å².